The van der Waals surface area contributed by atoms with Gasteiger partial charge in [0.25, 0.3) is 0 Å². The molecule has 1 aromatic rings. The standard InChI is InChI=1S/C10H10BrFN2OS/c1-5(9(13)16)10(15)14-8-4-6(12)2-3-7(8)11/h2-5H,1H3,(H2,13,16)(H,14,15). The van der Waals surface area contributed by atoms with E-state index in [2.05, 4.69) is 21.2 Å². The summed E-state index contributed by atoms with van der Waals surface area (Å²) in [5, 5.41) is 2.54. The Labute approximate surface area is 106 Å². The molecule has 1 aromatic carbocycles. The third-order valence-electron chi connectivity index (χ3n) is 2.01. The van der Waals surface area contributed by atoms with E-state index in [0.29, 0.717) is 10.2 Å². The zero-order chi connectivity index (χ0) is 12.3. The van der Waals surface area contributed by atoms with Crippen molar-refractivity contribution < 1.29 is 9.18 Å². The Kier molecular flexibility index (Phi) is 4.37. The maximum atomic E-state index is 12.9. The Morgan fingerprint density at radius 3 is 2.81 bits per heavy atom. The van der Waals surface area contributed by atoms with Gasteiger partial charge in [-0.05, 0) is 41.1 Å². The van der Waals surface area contributed by atoms with Gasteiger partial charge in [0.05, 0.1) is 16.6 Å². The van der Waals surface area contributed by atoms with Gasteiger partial charge < -0.3 is 11.1 Å². The Balaban J connectivity index is 2.84. The van der Waals surface area contributed by atoms with Crippen molar-refractivity contribution in [3.63, 3.8) is 0 Å². The minimum absolute atomic E-state index is 0.102. The molecule has 0 aliphatic heterocycles. The van der Waals surface area contributed by atoms with Gasteiger partial charge in [-0.1, -0.05) is 12.2 Å². The lowest BCUT2D eigenvalue weighted by Gasteiger charge is -2.11. The van der Waals surface area contributed by atoms with Crippen molar-refractivity contribution >= 4 is 44.7 Å². The molecule has 6 heteroatoms. The van der Waals surface area contributed by atoms with E-state index in [1.54, 1.807) is 6.92 Å². The normalized spacial score (nSPS) is 11.9. The summed E-state index contributed by atoms with van der Waals surface area (Å²) >= 11 is 7.90. The molecule has 16 heavy (non-hydrogen) atoms. The van der Waals surface area contributed by atoms with E-state index in [1.807, 2.05) is 0 Å². The van der Waals surface area contributed by atoms with Gasteiger partial charge in [0, 0.05) is 4.47 Å². The Bertz CT molecular complexity index is 439. The van der Waals surface area contributed by atoms with E-state index >= 15 is 0 Å². The molecule has 0 saturated carbocycles. The van der Waals surface area contributed by atoms with Crippen LogP contribution in [0.4, 0.5) is 10.1 Å². The van der Waals surface area contributed by atoms with Gasteiger partial charge in [-0.15, -0.1) is 0 Å². The molecule has 0 fully saturated rings. The molecule has 3 nitrogen and oxygen atoms in total. The van der Waals surface area contributed by atoms with E-state index in [-0.39, 0.29) is 10.9 Å². The van der Waals surface area contributed by atoms with Gasteiger partial charge in [0.15, 0.2) is 0 Å². The number of nitrogens with one attached hydrogen (secondary N) is 1. The molecule has 0 heterocycles. The van der Waals surface area contributed by atoms with Crippen LogP contribution in [0.3, 0.4) is 0 Å². The molecular formula is C10H10BrFN2OS. The summed E-state index contributed by atoms with van der Waals surface area (Å²) in [6.45, 7) is 1.59. The minimum Gasteiger partial charge on any atom is -0.393 e. The molecule has 0 aliphatic rings. The van der Waals surface area contributed by atoms with Crippen LogP contribution in [0, 0.1) is 11.7 Å². The van der Waals surface area contributed by atoms with E-state index in [1.165, 1.54) is 18.2 Å². The topological polar surface area (TPSA) is 55.1 Å². The highest BCUT2D eigenvalue weighted by Crippen LogP contribution is 2.23. The predicted molar refractivity (Wildman–Crippen MR) is 68.7 cm³/mol. The number of carbonyl (C=O) groups is 1. The lowest BCUT2D eigenvalue weighted by atomic mass is 10.1. The number of halogens is 2. The maximum Gasteiger partial charge on any atom is 0.234 e. The van der Waals surface area contributed by atoms with Gasteiger partial charge in [0.2, 0.25) is 5.91 Å². The summed E-state index contributed by atoms with van der Waals surface area (Å²) in [6.07, 6.45) is 0. The molecule has 1 amide bonds. The average Bonchev–Trinajstić information content (AvgIpc) is 2.22. The van der Waals surface area contributed by atoms with E-state index in [9.17, 15) is 9.18 Å². The summed E-state index contributed by atoms with van der Waals surface area (Å²) in [5.74, 6) is -1.38. The van der Waals surface area contributed by atoms with Crippen LogP contribution in [0.2, 0.25) is 0 Å². The van der Waals surface area contributed by atoms with Gasteiger partial charge in [-0.3, -0.25) is 4.79 Å². The quantitative estimate of drug-likeness (QED) is 0.843. The molecule has 0 radical (unpaired) electrons. The molecule has 0 spiro atoms. The van der Waals surface area contributed by atoms with Crippen LogP contribution in [-0.2, 0) is 4.79 Å². The van der Waals surface area contributed by atoms with Crippen LogP contribution in [-0.4, -0.2) is 10.9 Å². The number of carbonyl (C=O) groups excluding carboxylic acids is 1. The molecule has 0 bridgehead atoms. The monoisotopic (exact) mass is 304 g/mol. The van der Waals surface area contributed by atoms with Crippen LogP contribution < -0.4 is 11.1 Å². The van der Waals surface area contributed by atoms with Crippen LogP contribution in [0.15, 0.2) is 22.7 Å². The number of hydrogen-bond acceptors (Lipinski definition) is 2. The molecule has 0 aliphatic carbocycles. The lowest BCUT2D eigenvalue weighted by Crippen LogP contribution is -2.30. The first-order valence-corrected chi connectivity index (χ1v) is 5.67. The zero-order valence-electron chi connectivity index (χ0n) is 8.46. The van der Waals surface area contributed by atoms with Crippen LogP contribution >= 0.6 is 28.1 Å². The number of hydrogen-bond donors (Lipinski definition) is 2. The van der Waals surface area contributed by atoms with E-state index < -0.39 is 11.7 Å². The van der Waals surface area contributed by atoms with Crippen molar-refractivity contribution in [2.45, 2.75) is 6.92 Å². The van der Waals surface area contributed by atoms with Crippen molar-refractivity contribution in [1.82, 2.24) is 0 Å². The second-order valence-corrected chi connectivity index (χ2v) is 4.56. The van der Waals surface area contributed by atoms with Crippen LogP contribution in [0.1, 0.15) is 6.92 Å². The highest BCUT2D eigenvalue weighted by molar-refractivity contribution is 9.10. The third-order valence-corrected chi connectivity index (χ3v) is 3.05. The molecule has 3 N–H and O–H groups in total. The largest absolute Gasteiger partial charge is 0.393 e. The number of amides is 1. The Morgan fingerprint density at radius 1 is 1.62 bits per heavy atom. The summed E-state index contributed by atoms with van der Waals surface area (Å²) < 4.78 is 13.5. The first kappa shape index (κ1) is 13.1. The minimum atomic E-state index is -0.592. The maximum absolute atomic E-state index is 12.9. The van der Waals surface area contributed by atoms with Crippen LogP contribution in [0.5, 0.6) is 0 Å². The van der Waals surface area contributed by atoms with Gasteiger partial charge in [-0.2, -0.15) is 0 Å². The molecular weight excluding hydrogens is 295 g/mol. The highest BCUT2D eigenvalue weighted by atomic mass is 79.9. The van der Waals surface area contributed by atoms with Gasteiger partial charge in [0.1, 0.15) is 5.82 Å². The number of nitrogens with two attached hydrogens (primary N) is 1. The summed E-state index contributed by atoms with van der Waals surface area (Å²) in [7, 11) is 0. The molecule has 1 unspecified atom stereocenters. The average molecular weight is 305 g/mol. The van der Waals surface area contributed by atoms with Gasteiger partial charge >= 0.3 is 0 Å². The number of thiocarbonyl (C=S) groups is 1. The fourth-order valence-electron chi connectivity index (χ4n) is 0.963. The van der Waals surface area contributed by atoms with Crippen LogP contribution in [0.25, 0.3) is 0 Å². The number of rotatable bonds is 3. The van der Waals surface area contributed by atoms with E-state index in [0.717, 1.165) is 0 Å². The summed E-state index contributed by atoms with van der Waals surface area (Å²) in [6, 6.07) is 4.02. The first-order chi connectivity index (χ1) is 7.41. The summed E-state index contributed by atoms with van der Waals surface area (Å²) in [5.41, 5.74) is 5.70. The fraction of sp³-hybridized carbons (Fsp3) is 0.200. The molecule has 1 atom stereocenters. The molecule has 0 aromatic heterocycles. The van der Waals surface area contributed by atoms with Crippen molar-refractivity contribution in [2.75, 3.05) is 5.32 Å². The predicted octanol–water partition coefficient (Wildman–Crippen LogP) is 2.45. The van der Waals surface area contributed by atoms with E-state index in [4.69, 9.17) is 18.0 Å². The van der Waals surface area contributed by atoms with Crippen molar-refractivity contribution in [3.8, 4) is 0 Å². The fourth-order valence-corrected chi connectivity index (χ4v) is 1.42. The highest BCUT2D eigenvalue weighted by Gasteiger charge is 2.16. The second-order valence-electron chi connectivity index (χ2n) is 3.24. The smallest absolute Gasteiger partial charge is 0.234 e. The van der Waals surface area contributed by atoms with Crippen molar-refractivity contribution in [1.29, 1.82) is 0 Å². The Morgan fingerprint density at radius 2 is 2.25 bits per heavy atom. The molecule has 0 saturated heterocycles. The second kappa shape index (κ2) is 5.36. The van der Waals surface area contributed by atoms with Gasteiger partial charge in [-0.25, -0.2) is 4.39 Å². The third kappa shape index (κ3) is 3.24. The molecule has 1 rings (SSSR count). The SMILES string of the molecule is CC(C(=O)Nc1cc(F)ccc1Br)C(N)=S. The lowest BCUT2D eigenvalue weighted by molar-refractivity contribution is -0.117. The van der Waals surface area contributed by atoms with Crippen molar-refractivity contribution in [2.24, 2.45) is 11.7 Å². The number of anilines is 1. The summed E-state index contributed by atoms with van der Waals surface area (Å²) in [4.78, 5) is 11.7. The first-order valence-electron chi connectivity index (χ1n) is 4.47. The molecule has 86 valence electrons. The zero-order valence-corrected chi connectivity index (χ0v) is 10.9. The number of benzene rings is 1. The van der Waals surface area contributed by atoms with Crippen molar-refractivity contribution in [3.05, 3.63) is 28.5 Å². The Hall–Kier alpha value is -1.01.